The monoisotopic (exact) mass is 389 g/mol. The molecule has 134 valence electrons. The average molecular weight is 389 g/mol. The van der Waals surface area contributed by atoms with E-state index in [1.807, 2.05) is 19.2 Å². The number of nitrogens with one attached hydrogen (secondary N) is 1. The van der Waals surface area contributed by atoms with Crippen LogP contribution < -0.4 is 5.32 Å². The van der Waals surface area contributed by atoms with Crippen LogP contribution in [-0.2, 0) is 16.6 Å². The summed E-state index contributed by atoms with van der Waals surface area (Å²) in [6.07, 6.45) is 3.39. The number of ether oxygens (including phenoxy) is 1. The highest BCUT2D eigenvalue weighted by molar-refractivity contribution is 7.99. The van der Waals surface area contributed by atoms with Gasteiger partial charge in [0.1, 0.15) is 5.00 Å². The van der Waals surface area contributed by atoms with Gasteiger partial charge in [-0.2, -0.15) is 0 Å². The summed E-state index contributed by atoms with van der Waals surface area (Å²) in [7, 11) is 3.13. The van der Waals surface area contributed by atoms with Gasteiger partial charge < -0.3 is 14.6 Å². The highest BCUT2D eigenvalue weighted by Gasteiger charge is 2.17. The molecule has 3 aromatic heterocycles. The Morgan fingerprint density at radius 2 is 2.19 bits per heavy atom. The van der Waals surface area contributed by atoms with Crippen molar-refractivity contribution in [2.75, 3.05) is 18.2 Å². The highest BCUT2D eigenvalue weighted by Crippen LogP contribution is 2.25. The van der Waals surface area contributed by atoms with Gasteiger partial charge in [0, 0.05) is 25.0 Å². The van der Waals surface area contributed by atoms with Crippen LogP contribution in [0.5, 0.6) is 0 Å². The summed E-state index contributed by atoms with van der Waals surface area (Å²) in [6.45, 7) is 0. The Kier molecular flexibility index (Phi) is 5.64. The second-order valence-electron chi connectivity index (χ2n) is 5.10. The molecule has 3 heterocycles. The summed E-state index contributed by atoms with van der Waals surface area (Å²) in [5.41, 5.74) is 1.19. The van der Waals surface area contributed by atoms with E-state index >= 15 is 0 Å². The van der Waals surface area contributed by atoms with Crippen LogP contribution in [0.2, 0.25) is 0 Å². The Hall–Kier alpha value is -2.72. The summed E-state index contributed by atoms with van der Waals surface area (Å²) >= 11 is 2.52. The molecule has 10 heteroatoms. The second kappa shape index (κ2) is 8.11. The number of carbonyl (C=O) groups is 2. The van der Waals surface area contributed by atoms with Gasteiger partial charge in [0.05, 0.1) is 18.4 Å². The molecule has 3 rings (SSSR count). The van der Waals surface area contributed by atoms with Gasteiger partial charge in [0.2, 0.25) is 5.91 Å². The smallest absolute Gasteiger partial charge is 0.340 e. The fourth-order valence-electron chi connectivity index (χ4n) is 2.16. The van der Waals surface area contributed by atoms with Crippen LogP contribution in [0.4, 0.5) is 5.00 Å². The van der Waals surface area contributed by atoms with Crippen molar-refractivity contribution in [1.29, 1.82) is 0 Å². The van der Waals surface area contributed by atoms with Crippen LogP contribution in [0, 0.1) is 0 Å². The van der Waals surface area contributed by atoms with Crippen LogP contribution >= 0.6 is 23.1 Å². The molecule has 0 aliphatic heterocycles. The number of esters is 1. The van der Waals surface area contributed by atoms with Crippen LogP contribution in [-0.4, -0.2) is 44.5 Å². The van der Waals surface area contributed by atoms with Gasteiger partial charge in [-0.3, -0.25) is 9.78 Å². The maximum Gasteiger partial charge on any atom is 0.340 e. The molecule has 0 saturated heterocycles. The Balaban J connectivity index is 1.63. The predicted molar refractivity (Wildman–Crippen MR) is 99.2 cm³/mol. The second-order valence-corrected chi connectivity index (χ2v) is 6.96. The maximum absolute atomic E-state index is 12.2. The van der Waals surface area contributed by atoms with Gasteiger partial charge in [-0.25, -0.2) is 4.79 Å². The van der Waals surface area contributed by atoms with Crippen LogP contribution in [0.15, 0.2) is 41.1 Å². The Morgan fingerprint density at radius 3 is 2.92 bits per heavy atom. The minimum Gasteiger partial charge on any atom is -0.465 e. The fourth-order valence-corrected chi connectivity index (χ4v) is 3.66. The van der Waals surface area contributed by atoms with Crippen LogP contribution in [0.3, 0.4) is 0 Å². The van der Waals surface area contributed by atoms with E-state index in [0.29, 0.717) is 21.5 Å². The topological polar surface area (TPSA) is 99.0 Å². The molecule has 0 spiro atoms. The minimum atomic E-state index is -0.483. The maximum atomic E-state index is 12.2. The van der Waals surface area contributed by atoms with Gasteiger partial charge in [-0.1, -0.05) is 11.8 Å². The van der Waals surface area contributed by atoms with E-state index in [0.717, 1.165) is 5.56 Å². The van der Waals surface area contributed by atoms with E-state index in [1.54, 1.807) is 28.4 Å². The zero-order valence-corrected chi connectivity index (χ0v) is 15.6. The summed E-state index contributed by atoms with van der Waals surface area (Å²) in [6, 6.07) is 5.33. The molecule has 0 unspecified atom stereocenters. The third-order valence-electron chi connectivity index (χ3n) is 3.41. The quantitative estimate of drug-likeness (QED) is 0.511. The molecule has 0 aromatic carbocycles. The molecule has 0 aliphatic rings. The number of nitrogens with zero attached hydrogens (tertiary/aromatic N) is 4. The van der Waals surface area contributed by atoms with E-state index in [2.05, 4.69) is 20.5 Å². The number of anilines is 1. The molecule has 8 nitrogen and oxygen atoms in total. The van der Waals surface area contributed by atoms with Crippen molar-refractivity contribution in [3.63, 3.8) is 0 Å². The van der Waals surface area contributed by atoms with Gasteiger partial charge in [-0.05, 0) is 23.6 Å². The normalized spacial score (nSPS) is 10.5. The largest absolute Gasteiger partial charge is 0.465 e. The SMILES string of the molecule is COC(=O)c1ccsc1NC(=O)CSc1nnc(-c2cccnc2)n1C. The summed E-state index contributed by atoms with van der Waals surface area (Å²) in [5.74, 6) is 0.0849. The third-order valence-corrected chi connectivity index (χ3v) is 5.26. The molecule has 0 atom stereocenters. The van der Waals surface area contributed by atoms with Crippen molar-refractivity contribution < 1.29 is 14.3 Å². The third kappa shape index (κ3) is 3.92. The number of rotatable bonds is 6. The highest BCUT2D eigenvalue weighted by atomic mass is 32.2. The average Bonchev–Trinajstić information content (AvgIpc) is 3.26. The van der Waals surface area contributed by atoms with E-state index in [1.165, 1.54) is 30.2 Å². The van der Waals surface area contributed by atoms with Crippen molar-refractivity contribution in [2.45, 2.75) is 5.16 Å². The fraction of sp³-hybridized carbons (Fsp3) is 0.188. The lowest BCUT2D eigenvalue weighted by atomic mass is 10.3. The van der Waals surface area contributed by atoms with E-state index < -0.39 is 5.97 Å². The molecule has 0 bridgehead atoms. The number of carbonyl (C=O) groups excluding carboxylic acids is 2. The Labute approximate surface area is 157 Å². The molecule has 3 aromatic rings. The Morgan fingerprint density at radius 1 is 1.35 bits per heavy atom. The molecule has 0 saturated carbocycles. The van der Waals surface area contributed by atoms with Crippen molar-refractivity contribution in [1.82, 2.24) is 19.7 Å². The molecule has 26 heavy (non-hydrogen) atoms. The van der Waals surface area contributed by atoms with E-state index in [-0.39, 0.29) is 11.7 Å². The first kappa shape index (κ1) is 18.1. The van der Waals surface area contributed by atoms with E-state index in [9.17, 15) is 9.59 Å². The number of amides is 1. The van der Waals surface area contributed by atoms with Gasteiger partial charge >= 0.3 is 5.97 Å². The first-order valence-corrected chi connectivity index (χ1v) is 9.35. The standard InChI is InChI=1S/C16H15N5O3S2/c1-21-13(10-4-3-6-17-8-10)19-20-16(21)26-9-12(22)18-14-11(5-7-25-14)15(23)24-2/h3-8H,9H2,1-2H3,(H,18,22). The van der Waals surface area contributed by atoms with Gasteiger partial charge in [0.15, 0.2) is 11.0 Å². The van der Waals surface area contributed by atoms with E-state index in [4.69, 9.17) is 4.74 Å². The molecule has 1 amide bonds. The number of pyridine rings is 1. The minimum absolute atomic E-state index is 0.136. The molecular weight excluding hydrogens is 374 g/mol. The number of hydrogen-bond donors (Lipinski definition) is 1. The molecule has 0 radical (unpaired) electrons. The number of thioether (sulfide) groups is 1. The molecule has 0 fully saturated rings. The lowest BCUT2D eigenvalue weighted by Crippen LogP contribution is -2.16. The summed E-state index contributed by atoms with van der Waals surface area (Å²) < 4.78 is 6.50. The predicted octanol–water partition coefficient (Wildman–Crippen LogP) is 2.46. The zero-order valence-electron chi connectivity index (χ0n) is 14.0. The lowest BCUT2D eigenvalue weighted by Gasteiger charge is -2.06. The lowest BCUT2D eigenvalue weighted by molar-refractivity contribution is -0.113. The summed E-state index contributed by atoms with van der Waals surface area (Å²) in [4.78, 5) is 27.9. The first-order valence-electron chi connectivity index (χ1n) is 7.48. The number of methoxy groups -OCH3 is 1. The molecule has 0 aliphatic carbocycles. The Bertz CT molecular complexity index is 923. The number of aromatic nitrogens is 4. The molecule has 1 N–H and O–H groups in total. The number of hydrogen-bond acceptors (Lipinski definition) is 8. The van der Waals surface area contributed by atoms with Crippen molar-refractivity contribution in [3.8, 4) is 11.4 Å². The van der Waals surface area contributed by atoms with Crippen molar-refractivity contribution in [2.24, 2.45) is 7.05 Å². The number of thiophene rings is 1. The zero-order chi connectivity index (χ0) is 18.5. The van der Waals surface area contributed by atoms with Gasteiger partial charge in [-0.15, -0.1) is 21.5 Å². The van der Waals surface area contributed by atoms with Crippen molar-refractivity contribution >= 4 is 40.0 Å². The summed E-state index contributed by atoms with van der Waals surface area (Å²) in [5, 5.41) is 13.8. The molecular formula is C16H15N5O3S2. The van der Waals surface area contributed by atoms with Crippen LogP contribution in [0.1, 0.15) is 10.4 Å². The van der Waals surface area contributed by atoms with Gasteiger partial charge in [0.25, 0.3) is 0 Å². The first-order chi connectivity index (χ1) is 12.6. The van der Waals surface area contributed by atoms with Crippen LogP contribution in [0.25, 0.3) is 11.4 Å². The van der Waals surface area contributed by atoms with Crippen molar-refractivity contribution in [3.05, 3.63) is 41.5 Å².